The first-order valence-electron chi connectivity index (χ1n) is 6.37. The maximum absolute atomic E-state index is 12.0. The van der Waals surface area contributed by atoms with Crippen LogP contribution in [0.3, 0.4) is 0 Å². The quantitative estimate of drug-likeness (QED) is 0.586. The van der Waals surface area contributed by atoms with Crippen LogP contribution in [0.25, 0.3) is 0 Å². The Hall–Kier alpha value is -2.58. The van der Waals surface area contributed by atoms with Crippen molar-refractivity contribution < 1.29 is 24.3 Å². The van der Waals surface area contributed by atoms with Crippen molar-refractivity contribution in [3.05, 3.63) is 45.6 Å². The fraction of sp³-hybridized carbons (Fsp3) is 0.143. The molecule has 0 fully saturated rings. The molecule has 0 saturated heterocycles. The van der Waals surface area contributed by atoms with Gasteiger partial charge in [-0.15, -0.1) is 11.3 Å². The summed E-state index contributed by atoms with van der Waals surface area (Å²) >= 11 is 1.13. The lowest BCUT2D eigenvalue weighted by Gasteiger charge is -2.05. The standard InChI is InChI=1S/C14H12N2O5S/c17-13(16-19)9-4-12(22-6-9)14(18)15-5-8-1-2-10-11(3-8)21-7-20-10/h1-4,6,19H,5,7H2,(H,15,18)(H,16,17). The number of thiophene rings is 1. The second-order valence-corrected chi connectivity index (χ2v) is 5.42. The van der Waals surface area contributed by atoms with Gasteiger partial charge in [-0.2, -0.15) is 0 Å². The summed E-state index contributed by atoms with van der Waals surface area (Å²) in [5, 5.41) is 12.8. The van der Waals surface area contributed by atoms with Crippen molar-refractivity contribution in [2.45, 2.75) is 6.54 Å². The van der Waals surface area contributed by atoms with E-state index in [0.29, 0.717) is 22.9 Å². The van der Waals surface area contributed by atoms with Crippen LogP contribution in [0.15, 0.2) is 29.6 Å². The van der Waals surface area contributed by atoms with Crippen LogP contribution in [-0.4, -0.2) is 23.8 Å². The highest BCUT2D eigenvalue weighted by Crippen LogP contribution is 2.32. The lowest BCUT2D eigenvalue weighted by molar-refractivity contribution is 0.0707. The van der Waals surface area contributed by atoms with Crippen LogP contribution in [0.5, 0.6) is 11.5 Å². The molecule has 0 spiro atoms. The molecule has 0 bridgehead atoms. The first kappa shape index (κ1) is 14.4. The predicted octanol–water partition coefficient (Wildman–Crippen LogP) is 1.53. The highest BCUT2D eigenvalue weighted by molar-refractivity contribution is 7.12. The lowest BCUT2D eigenvalue weighted by Crippen LogP contribution is -2.22. The van der Waals surface area contributed by atoms with Gasteiger partial charge in [-0.1, -0.05) is 6.07 Å². The Bertz CT molecular complexity index is 728. The summed E-state index contributed by atoms with van der Waals surface area (Å²) < 4.78 is 10.5. The Morgan fingerprint density at radius 3 is 2.82 bits per heavy atom. The zero-order chi connectivity index (χ0) is 15.5. The largest absolute Gasteiger partial charge is 0.454 e. The Morgan fingerprint density at radius 2 is 2.00 bits per heavy atom. The molecule has 0 radical (unpaired) electrons. The molecule has 3 rings (SSSR count). The van der Waals surface area contributed by atoms with E-state index in [1.807, 2.05) is 12.1 Å². The van der Waals surface area contributed by atoms with Gasteiger partial charge in [0.2, 0.25) is 6.79 Å². The molecule has 2 aromatic rings. The van der Waals surface area contributed by atoms with Gasteiger partial charge in [-0.05, 0) is 23.8 Å². The van der Waals surface area contributed by atoms with E-state index in [0.717, 1.165) is 16.9 Å². The van der Waals surface area contributed by atoms with Gasteiger partial charge in [-0.3, -0.25) is 14.8 Å². The van der Waals surface area contributed by atoms with E-state index in [9.17, 15) is 9.59 Å². The number of amides is 2. The fourth-order valence-electron chi connectivity index (χ4n) is 1.96. The zero-order valence-corrected chi connectivity index (χ0v) is 12.1. The molecule has 0 saturated carbocycles. The molecular formula is C14H12N2O5S. The first-order chi connectivity index (χ1) is 10.7. The summed E-state index contributed by atoms with van der Waals surface area (Å²) in [6.07, 6.45) is 0. The molecule has 0 atom stereocenters. The number of hydroxylamine groups is 1. The first-order valence-corrected chi connectivity index (χ1v) is 7.25. The van der Waals surface area contributed by atoms with Crippen molar-refractivity contribution in [2.75, 3.05) is 6.79 Å². The van der Waals surface area contributed by atoms with Gasteiger partial charge < -0.3 is 14.8 Å². The van der Waals surface area contributed by atoms with Crippen molar-refractivity contribution in [3.63, 3.8) is 0 Å². The minimum absolute atomic E-state index is 0.204. The smallest absolute Gasteiger partial charge is 0.275 e. The molecule has 2 heterocycles. The Kier molecular flexibility index (Phi) is 3.94. The maximum Gasteiger partial charge on any atom is 0.275 e. The van der Waals surface area contributed by atoms with Crippen LogP contribution < -0.4 is 20.3 Å². The topological polar surface area (TPSA) is 96.9 Å². The second kappa shape index (κ2) is 6.04. The average molecular weight is 320 g/mol. The SMILES string of the molecule is O=C(NO)c1csc(C(=O)NCc2ccc3c(c2)OCO3)c1. The molecule has 0 aliphatic carbocycles. The number of hydrogen-bond donors (Lipinski definition) is 3. The molecule has 22 heavy (non-hydrogen) atoms. The minimum Gasteiger partial charge on any atom is -0.454 e. The average Bonchev–Trinajstić information content (AvgIpc) is 3.20. The predicted molar refractivity (Wildman–Crippen MR) is 77.3 cm³/mol. The maximum atomic E-state index is 12.0. The van der Waals surface area contributed by atoms with E-state index in [-0.39, 0.29) is 18.3 Å². The van der Waals surface area contributed by atoms with Gasteiger partial charge in [0.1, 0.15) is 0 Å². The van der Waals surface area contributed by atoms with Gasteiger partial charge in [-0.25, -0.2) is 5.48 Å². The van der Waals surface area contributed by atoms with E-state index in [1.54, 1.807) is 6.07 Å². The van der Waals surface area contributed by atoms with Crippen molar-refractivity contribution in [1.29, 1.82) is 0 Å². The number of nitrogens with one attached hydrogen (secondary N) is 2. The summed E-state index contributed by atoms with van der Waals surface area (Å²) in [6.45, 7) is 0.533. The van der Waals surface area contributed by atoms with Crippen LogP contribution in [0.1, 0.15) is 25.6 Å². The summed E-state index contributed by atoms with van der Waals surface area (Å²) in [4.78, 5) is 23.6. The van der Waals surface area contributed by atoms with Gasteiger partial charge in [0.25, 0.3) is 11.8 Å². The van der Waals surface area contributed by atoms with Crippen LogP contribution >= 0.6 is 11.3 Å². The molecular weight excluding hydrogens is 308 g/mol. The van der Waals surface area contributed by atoms with Crippen molar-refractivity contribution in [1.82, 2.24) is 10.8 Å². The number of fused-ring (bicyclic) bond motifs is 1. The van der Waals surface area contributed by atoms with E-state index in [4.69, 9.17) is 14.7 Å². The number of carbonyl (C=O) groups is 2. The van der Waals surface area contributed by atoms with E-state index < -0.39 is 5.91 Å². The van der Waals surface area contributed by atoms with Crippen LogP contribution in [-0.2, 0) is 6.54 Å². The summed E-state index contributed by atoms with van der Waals surface area (Å²) in [7, 11) is 0. The van der Waals surface area contributed by atoms with Crippen molar-refractivity contribution >= 4 is 23.2 Å². The molecule has 1 aliphatic rings. The van der Waals surface area contributed by atoms with E-state index >= 15 is 0 Å². The van der Waals surface area contributed by atoms with Gasteiger partial charge in [0.05, 0.1) is 10.4 Å². The third-order valence-corrected chi connectivity index (χ3v) is 4.01. The van der Waals surface area contributed by atoms with Gasteiger partial charge in [0.15, 0.2) is 11.5 Å². The molecule has 7 nitrogen and oxygen atoms in total. The van der Waals surface area contributed by atoms with Crippen LogP contribution in [0.4, 0.5) is 0 Å². The number of hydrogen-bond acceptors (Lipinski definition) is 6. The molecule has 0 unspecified atom stereocenters. The molecule has 8 heteroatoms. The van der Waals surface area contributed by atoms with Crippen molar-refractivity contribution in [3.8, 4) is 11.5 Å². The number of rotatable bonds is 4. The number of ether oxygens (including phenoxy) is 2. The number of benzene rings is 1. The Labute approximate surface area is 129 Å². The highest BCUT2D eigenvalue weighted by atomic mass is 32.1. The summed E-state index contributed by atoms with van der Waals surface area (Å²) in [6, 6.07) is 6.86. The fourth-order valence-corrected chi connectivity index (χ4v) is 2.76. The molecule has 1 aliphatic heterocycles. The third kappa shape index (κ3) is 2.87. The van der Waals surface area contributed by atoms with Crippen molar-refractivity contribution in [2.24, 2.45) is 0 Å². The Balaban J connectivity index is 1.62. The van der Waals surface area contributed by atoms with Gasteiger partial charge >= 0.3 is 0 Å². The summed E-state index contributed by atoms with van der Waals surface area (Å²) in [5.74, 6) is 0.406. The molecule has 114 valence electrons. The molecule has 1 aromatic carbocycles. The van der Waals surface area contributed by atoms with Crippen LogP contribution in [0.2, 0.25) is 0 Å². The zero-order valence-electron chi connectivity index (χ0n) is 11.3. The van der Waals surface area contributed by atoms with Crippen LogP contribution in [0, 0.1) is 0 Å². The highest BCUT2D eigenvalue weighted by Gasteiger charge is 2.15. The number of carbonyl (C=O) groups excluding carboxylic acids is 2. The second-order valence-electron chi connectivity index (χ2n) is 4.51. The van der Waals surface area contributed by atoms with E-state index in [1.165, 1.54) is 16.9 Å². The Morgan fingerprint density at radius 1 is 1.18 bits per heavy atom. The monoisotopic (exact) mass is 320 g/mol. The molecule has 2 amide bonds. The minimum atomic E-state index is -0.647. The lowest BCUT2D eigenvalue weighted by atomic mass is 10.2. The normalized spacial score (nSPS) is 12.0. The van der Waals surface area contributed by atoms with Gasteiger partial charge in [0, 0.05) is 11.9 Å². The molecule has 1 aromatic heterocycles. The molecule has 3 N–H and O–H groups in total. The van der Waals surface area contributed by atoms with E-state index in [2.05, 4.69) is 5.32 Å². The summed E-state index contributed by atoms with van der Waals surface area (Å²) in [5.41, 5.74) is 2.64. The third-order valence-electron chi connectivity index (χ3n) is 3.08.